The van der Waals surface area contributed by atoms with Crippen molar-refractivity contribution in [3.8, 4) is 0 Å². The minimum atomic E-state index is -0.195. The molecule has 1 saturated carbocycles. The largest absolute Gasteiger partial charge is 0.408 e. The maximum Gasteiger partial charge on any atom is 0.322 e. The molecule has 0 atom stereocenters. The molecule has 7 heteroatoms. The Kier molecular flexibility index (Phi) is 4.27. The fourth-order valence-corrected chi connectivity index (χ4v) is 1.96. The molecule has 2 rings (SSSR count). The zero-order valence-corrected chi connectivity index (χ0v) is 10.4. The predicted molar refractivity (Wildman–Crippen MR) is 64.0 cm³/mol. The molecule has 18 heavy (non-hydrogen) atoms. The topological polar surface area (TPSA) is 91.5 Å². The molecule has 0 bridgehead atoms. The van der Waals surface area contributed by atoms with E-state index < -0.39 is 0 Å². The van der Waals surface area contributed by atoms with Gasteiger partial charge < -0.3 is 9.52 Å². The van der Waals surface area contributed by atoms with Crippen LogP contribution in [-0.2, 0) is 4.79 Å². The molecule has 2 N–H and O–H groups in total. The van der Waals surface area contributed by atoms with Crippen LogP contribution in [0.2, 0.25) is 0 Å². The van der Waals surface area contributed by atoms with Gasteiger partial charge in [-0.2, -0.15) is 0 Å². The van der Waals surface area contributed by atoms with Crippen molar-refractivity contribution in [2.75, 3.05) is 25.0 Å². The lowest BCUT2D eigenvalue weighted by atomic mass is 9.91. The van der Waals surface area contributed by atoms with Gasteiger partial charge >= 0.3 is 6.01 Å². The van der Waals surface area contributed by atoms with E-state index in [4.69, 9.17) is 9.52 Å². The second-order valence-electron chi connectivity index (χ2n) is 4.45. The Hall–Kier alpha value is -1.47. The lowest BCUT2D eigenvalue weighted by molar-refractivity contribution is -0.118. The minimum Gasteiger partial charge on any atom is -0.408 e. The van der Waals surface area contributed by atoms with Crippen LogP contribution in [-0.4, -0.2) is 51.8 Å². The first kappa shape index (κ1) is 13.0. The van der Waals surface area contributed by atoms with Gasteiger partial charge in [-0.05, 0) is 12.8 Å². The third-order valence-corrected chi connectivity index (χ3v) is 3.10. The molecular weight excluding hydrogens is 236 g/mol. The van der Waals surface area contributed by atoms with E-state index in [0.29, 0.717) is 18.5 Å². The summed E-state index contributed by atoms with van der Waals surface area (Å²) in [5, 5.41) is 18.9. The zero-order chi connectivity index (χ0) is 13.0. The second-order valence-corrected chi connectivity index (χ2v) is 4.45. The normalized spacial score (nSPS) is 15.7. The smallest absolute Gasteiger partial charge is 0.322 e. The summed E-state index contributed by atoms with van der Waals surface area (Å²) in [5.41, 5.74) is 0. The lowest BCUT2D eigenvalue weighted by Crippen LogP contribution is -2.45. The monoisotopic (exact) mass is 254 g/mol. The maximum absolute atomic E-state index is 11.8. The summed E-state index contributed by atoms with van der Waals surface area (Å²) in [5.74, 6) is 0.218. The Bertz CT molecular complexity index is 403. The van der Waals surface area contributed by atoms with Gasteiger partial charge in [0.05, 0.1) is 13.2 Å². The summed E-state index contributed by atoms with van der Waals surface area (Å²) in [6.45, 7) is 2.48. The van der Waals surface area contributed by atoms with Gasteiger partial charge in [0, 0.05) is 19.5 Å². The number of amides is 1. The number of aromatic nitrogens is 2. The number of anilines is 1. The fourth-order valence-electron chi connectivity index (χ4n) is 1.96. The third kappa shape index (κ3) is 3.27. The van der Waals surface area contributed by atoms with Crippen LogP contribution in [0.4, 0.5) is 6.01 Å². The van der Waals surface area contributed by atoms with E-state index in [9.17, 15) is 4.79 Å². The van der Waals surface area contributed by atoms with Crippen LogP contribution < -0.4 is 5.32 Å². The minimum absolute atomic E-state index is 0.0590. The van der Waals surface area contributed by atoms with Crippen LogP contribution in [0.5, 0.6) is 0 Å². The average Bonchev–Trinajstić information content (AvgIpc) is 2.61. The Labute approximate surface area is 105 Å². The predicted octanol–water partition coefficient (Wildman–Crippen LogP) is 0.163. The van der Waals surface area contributed by atoms with E-state index in [1.165, 1.54) is 6.42 Å². The molecule has 100 valence electrons. The van der Waals surface area contributed by atoms with Gasteiger partial charge in [0.25, 0.3) is 0 Å². The first-order chi connectivity index (χ1) is 8.69. The fraction of sp³-hybridized carbons (Fsp3) is 0.727. The first-order valence-electron chi connectivity index (χ1n) is 6.14. The lowest BCUT2D eigenvalue weighted by Gasteiger charge is -2.36. The molecule has 1 aliphatic rings. The van der Waals surface area contributed by atoms with Crippen molar-refractivity contribution in [2.45, 2.75) is 32.2 Å². The number of carbonyl (C=O) groups excluding carboxylic acids is 1. The van der Waals surface area contributed by atoms with Crippen LogP contribution in [0.3, 0.4) is 0 Å². The highest BCUT2D eigenvalue weighted by molar-refractivity contribution is 5.90. The van der Waals surface area contributed by atoms with Gasteiger partial charge in [-0.15, -0.1) is 5.10 Å². The molecule has 1 aliphatic carbocycles. The molecular formula is C11H18N4O3. The van der Waals surface area contributed by atoms with E-state index >= 15 is 0 Å². The standard InChI is InChI=1S/C11H18N4O3/c1-8-13-14-11(18-8)12-10(17)7-15(5-6-16)9-3-2-4-9/h9,16H,2-7H2,1H3,(H,12,14,17). The summed E-state index contributed by atoms with van der Waals surface area (Å²) < 4.78 is 5.07. The van der Waals surface area contributed by atoms with Gasteiger partial charge in [-0.1, -0.05) is 11.5 Å². The van der Waals surface area contributed by atoms with Crippen molar-refractivity contribution in [1.29, 1.82) is 0 Å². The number of aliphatic hydroxyl groups excluding tert-OH is 1. The maximum atomic E-state index is 11.8. The van der Waals surface area contributed by atoms with Crippen LogP contribution in [0, 0.1) is 6.92 Å². The van der Waals surface area contributed by atoms with Gasteiger partial charge in [0.15, 0.2) is 0 Å². The Morgan fingerprint density at radius 1 is 1.56 bits per heavy atom. The number of hydrogen-bond donors (Lipinski definition) is 2. The van der Waals surface area contributed by atoms with Crippen LogP contribution >= 0.6 is 0 Å². The zero-order valence-electron chi connectivity index (χ0n) is 10.4. The number of nitrogens with one attached hydrogen (secondary N) is 1. The average molecular weight is 254 g/mol. The van der Waals surface area contributed by atoms with E-state index in [0.717, 1.165) is 12.8 Å². The highest BCUT2D eigenvalue weighted by Crippen LogP contribution is 2.24. The van der Waals surface area contributed by atoms with E-state index in [-0.39, 0.29) is 25.1 Å². The number of hydrogen-bond acceptors (Lipinski definition) is 6. The van der Waals surface area contributed by atoms with Crippen molar-refractivity contribution in [3.63, 3.8) is 0 Å². The quantitative estimate of drug-likeness (QED) is 0.751. The number of aliphatic hydroxyl groups is 1. The molecule has 1 heterocycles. The molecule has 1 aromatic rings. The molecule has 1 fully saturated rings. The summed E-state index contributed by atoms with van der Waals surface area (Å²) >= 11 is 0. The summed E-state index contributed by atoms with van der Waals surface area (Å²) in [6, 6.07) is 0.530. The molecule has 1 aromatic heterocycles. The molecule has 7 nitrogen and oxygen atoms in total. The summed E-state index contributed by atoms with van der Waals surface area (Å²) in [6.07, 6.45) is 3.37. The van der Waals surface area contributed by atoms with E-state index in [2.05, 4.69) is 15.5 Å². The van der Waals surface area contributed by atoms with Gasteiger partial charge in [0.1, 0.15) is 0 Å². The Morgan fingerprint density at radius 3 is 2.83 bits per heavy atom. The summed E-state index contributed by atoms with van der Waals surface area (Å²) in [7, 11) is 0. The van der Waals surface area contributed by atoms with Crippen molar-refractivity contribution in [1.82, 2.24) is 15.1 Å². The van der Waals surface area contributed by atoms with Crippen molar-refractivity contribution < 1.29 is 14.3 Å². The number of nitrogens with zero attached hydrogens (tertiary/aromatic N) is 3. The molecule has 0 aliphatic heterocycles. The van der Waals surface area contributed by atoms with Crippen LogP contribution in [0.25, 0.3) is 0 Å². The molecule has 0 spiro atoms. The molecule has 1 amide bonds. The molecule has 0 saturated heterocycles. The molecule has 0 aromatic carbocycles. The Morgan fingerprint density at radius 2 is 2.33 bits per heavy atom. The van der Waals surface area contributed by atoms with Gasteiger partial charge in [0.2, 0.25) is 11.8 Å². The van der Waals surface area contributed by atoms with E-state index in [1.54, 1.807) is 6.92 Å². The summed E-state index contributed by atoms with van der Waals surface area (Å²) in [4.78, 5) is 13.8. The van der Waals surface area contributed by atoms with E-state index in [1.807, 2.05) is 4.90 Å². The van der Waals surface area contributed by atoms with Crippen molar-refractivity contribution in [3.05, 3.63) is 5.89 Å². The number of carbonyl (C=O) groups is 1. The van der Waals surface area contributed by atoms with Crippen LogP contribution in [0.15, 0.2) is 4.42 Å². The number of aryl methyl sites for hydroxylation is 1. The third-order valence-electron chi connectivity index (χ3n) is 3.10. The SMILES string of the molecule is Cc1nnc(NC(=O)CN(CCO)C2CCC2)o1. The van der Waals surface area contributed by atoms with Gasteiger partial charge in [-0.25, -0.2) is 0 Å². The first-order valence-corrected chi connectivity index (χ1v) is 6.14. The molecule has 0 unspecified atom stereocenters. The highest BCUT2D eigenvalue weighted by Gasteiger charge is 2.26. The van der Waals surface area contributed by atoms with Crippen molar-refractivity contribution in [2.24, 2.45) is 0 Å². The van der Waals surface area contributed by atoms with Crippen LogP contribution in [0.1, 0.15) is 25.2 Å². The van der Waals surface area contributed by atoms with Gasteiger partial charge in [-0.3, -0.25) is 15.0 Å². The molecule has 0 radical (unpaired) electrons. The number of rotatable bonds is 6. The Balaban J connectivity index is 1.84. The van der Waals surface area contributed by atoms with Crippen molar-refractivity contribution >= 4 is 11.9 Å². The highest BCUT2D eigenvalue weighted by atomic mass is 16.4. The second kappa shape index (κ2) is 5.92.